The van der Waals surface area contributed by atoms with Crippen molar-refractivity contribution in [2.45, 2.75) is 52.6 Å². The summed E-state index contributed by atoms with van der Waals surface area (Å²) in [4.78, 5) is 23.4. The molecule has 0 atom stereocenters. The molecule has 196 valence electrons. The Morgan fingerprint density at radius 2 is 1.25 bits per heavy atom. The molecule has 5 heteroatoms. The number of nitrogens with one attached hydrogen (secondary N) is 1. The Bertz CT molecular complexity index is 1010. The SMILES string of the molecule is C=C(C)C(=O)CCCC[N+](C)(C)Cc1ccc2cc(C[N+](C)(C)CCCNC(=O)C(=C)C)ccc2c1. The average molecular weight is 494 g/mol. The van der Waals surface area contributed by atoms with Crippen molar-refractivity contribution >= 4 is 22.5 Å². The zero-order valence-electron chi connectivity index (χ0n) is 23.5. The Morgan fingerprint density at radius 1 is 0.750 bits per heavy atom. The van der Waals surface area contributed by atoms with Gasteiger partial charge in [0.15, 0.2) is 5.78 Å². The Hall–Kier alpha value is -2.76. The van der Waals surface area contributed by atoms with Gasteiger partial charge in [-0.3, -0.25) is 9.59 Å². The van der Waals surface area contributed by atoms with Gasteiger partial charge in [-0.2, -0.15) is 0 Å². The Morgan fingerprint density at radius 3 is 1.72 bits per heavy atom. The molecule has 0 saturated carbocycles. The van der Waals surface area contributed by atoms with Crippen LogP contribution in [0.5, 0.6) is 0 Å². The van der Waals surface area contributed by atoms with E-state index in [1.54, 1.807) is 13.8 Å². The molecule has 0 aromatic heterocycles. The van der Waals surface area contributed by atoms with Crippen LogP contribution >= 0.6 is 0 Å². The number of allylic oxidation sites excluding steroid dienone is 1. The molecule has 1 amide bonds. The molecule has 5 nitrogen and oxygen atoms in total. The summed E-state index contributed by atoms with van der Waals surface area (Å²) >= 11 is 0. The van der Waals surface area contributed by atoms with Crippen LogP contribution in [0.15, 0.2) is 60.7 Å². The van der Waals surface area contributed by atoms with E-state index in [-0.39, 0.29) is 11.7 Å². The number of rotatable bonds is 15. The van der Waals surface area contributed by atoms with Crippen molar-refractivity contribution in [2.24, 2.45) is 0 Å². The van der Waals surface area contributed by atoms with E-state index >= 15 is 0 Å². The predicted molar refractivity (Wildman–Crippen MR) is 151 cm³/mol. The van der Waals surface area contributed by atoms with Gasteiger partial charge in [0.2, 0.25) is 5.91 Å². The maximum Gasteiger partial charge on any atom is 0.246 e. The van der Waals surface area contributed by atoms with Crippen LogP contribution in [0, 0.1) is 0 Å². The molecular weight excluding hydrogens is 446 g/mol. The highest BCUT2D eigenvalue weighted by Crippen LogP contribution is 2.22. The minimum atomic E-state index is -0.0635. The normalized spacial score (nSPS) is 11.9. The zero-order chi connectivity index (χ0) is 26.9. The zero-order valence-corrected chi connectivity index (χ0v) is 23.5. The van der Waals surface area contributed by atoms with Gasteiger partial charge in [0.1, 0.15) is 13.1 Å². The summed E-state index contributed by atoms with van der Waals surface area (Å²) in [5.41, 5.74) is 3.88. The molecular formula is C31H47N3O2+2. The lowest BCUT2D eigenvalue weighted by Gasteiger charge is -2.30. The second-order valence-corrected chi connectivity index (χ2v) is 11.7. The maximum absolute atomic E-state index is 11.8. The number of fused-ring (bicyclic) bond motifs is 1. The number of Topliss-reactive ketones (excluding diaryl/α,β-unsaturated/α-hetero) is 1. The monoisotopic (exact) mass is 493 g/mol. The third-order valence-corrected chi connectivity index (χ3v) is 6.70. The van der Waals surface area contributed by atoms with Crippen LogP contribution in [0.4, 0.5) is 0 Å². The molecule has 0 heterocycles. The molecule has 2 aromatic rings. The van der Waals surface area contributed by atoms with E-state index in [2.05, 4.69) is 83.1 Å². The lowest BCUT2D eigenvalue weighted by atomic mass is 10.0. The van der Waals surface area contributed by atoms with Crippen LogP contribution in [0.25, 0.3) is 10.8 Å². The first kappa shape index (κ1) is 29.5. The molecule has 0 saturated heterocycles. The molecule has 1 N–H and O–H groups in total. The molecule has 0 aliphatic rings. The second kappa shape index (κ2) is 13.0. The highest BCUT2D eigenvalue weighted by Gasteiger charge is 2.18. The number of amides is 1. The molecule has 2 rings (SSSR count). The number of hydrogen-bond acceptors (Lipinski definition) is 2. The summed E-state index contributed by atoms with van der Waals surface area (Å²) in [6.07, 6.45) is 3.50. The van der Waals surface area contributed by atoms with Gasteiger partial charge in [0, 0.05) is 36.1 Å². The van der Waals surface area contributed by atoms with E-state index in [0.717, 1.165) is 54.4 Å². The number of carbonyl (C=O) groups is 2. The summed E-state index contributed by atoms with van der Waals surface area (Å²) in [5, 5.41) is 5.47. The van der Waals surface area contributed by atoms with Crippen molar-refractivity contribution in [1.82, 2.24) is 5.32 Å². The molecule has 0 aliphatic carbocycles. The molecule has 0 fully saturated rings. The molecule has 0 radical (unpaired) electrons. The van der Waals surface area contributed by atoms with Gasteiger partial charge in [0.05, 0.1) is 41.3 Å². The van der Waals surface area contributed by atoms with Crippen molar-refractivity contribution in [1.29, 1.82) is 0 Å². The van der Waals surface area contributed by atoms with Gasteiger partial charge in [-0.25, -0.2) is 0 Å². The number of benzene rings is 2. The van der Waals surface area contributed by atoms with E-state index in [0.29, 0.717) is 24.1 Å². The Labute approximate surface area is 218 Å². The third-order valence-electron chi connectivity index (χ3n) is 6.70. The largest absolute Gasteiger partial charge is 0.352 e. The van der Waals surface area contributed by atoms with Crippen LogP contribution in [0.2, 0.25) is 0 Å². The fourth-order valence-corrected chi connectivity index (χ4v) is 4.59. The molecule has 36 heavy (non-hydrogen) atoms. The summed E-state index contributed by atoms with van der Waals surface area (Å²) in [5.74, 6) is 0.120. The summed E-state index contributed by atoms with van der Waals surface area (Å²) in [6, 6.07) is 13.6. The lowest BCUT2D eigenvalue weighted by Crippen LogP contribution is -2.41. The smallest absolute Gasteiger partial charge is 0.246 e. The van der Waals surface area contributed by atoms with E-state index in [4.69, 9.17) is 0 Å². The molecule has 0 spiro atoms. The number of unbranched alkanes of at least 4 members (excludes halogenated alkanes) is 1. The summed E-state index contributed by atoms with van der Waals surface area (Å²) in [6.45, 7) is 15.6. The van der Waals surface area contributed by atoms with E-state index in [1.165, 1.54) is 21.9 Å². The van der Waals surface area contributed by atoms with Crippen molar-refractivity contribution in [3.8, 4) is 0 Å². The van der Waals surface area contributed by atoms with Gasteiger partial charge in [-0.05, 0) is 55.2 Å². The van der Waals surface area contributed by atoms with Crippen LogP contribution in [-0.4, -0.2) is 68.5 Å². The predicted octanol–water partition coefficient (Wildman–Crippen LogP) is 5.39. The average Bonchev–Trinajstić information content (AvgIpc) is 2.78. The first-order chi connectivity index (χ1) is 16.8. The van der Waals surface area contributed by atoms with Gasteiger partial charge >= 0.3 is 0 Å². The molecule has 2 aromatic carbocycles. The molecule has 0 bridgehead atoms. The number of ketones is 1. The standard InChI is InChI=1S/C31H46N3O2/c1-24(2)30(35)12-9-10-18-33(5,6)22-26-13-15-29-21-27(14-16-28(29)20-26)23-34(7,8)19-11-17-32-31(36)25(3)4/h13-16,20-21H,1,3,9-12,17-19,22-23H2,2,4-8H3/q+1/p+1. The molecule has 0 aliphatic heterocycles. The van der Waals surface area contributed by atoms with Crippen molar-refractivity contribution in [3.63, 3.8) is 0 Å². The van der Waals surface area contributed by atoms with Crippen LogP contribution in [0.3, 0.4) is 0 Å². The highest BCUT2D eigenvalue weighted by molar-refractivity contribution is 5.94. The third kappa shape index (κ3) is 10.1. The van der Waals surface area contributed by atoms with Gasteiger partial charge in [-0.15, -0.1) is 0 Å². The fraction of sp³-hybridized carbons (Fsp3) is 0.484. The first-order valence-corrected chi connectivity index (χ1v) is 13.1. The quantitative estimate of drug-likeness (QED) is 0.205. The van der Waals surface area contributed by atoms with E-state index < -0.39 is 0 Å². The van der Waals surface area contributed by atoms with Crippen molar-refractivity contribution < 1.29 is 18.6 Å². The first-order valence-electron chi connectivity index (χ1n) is 13.1. The van der Waals surface area contributed by atoms with E-state index in [9.17, 15) is 9.59 Å². The van der Waals surface area contributed by atoms with Gasteiger partial charge in [-0.1, -0.05) is 37.4 Å². The second-order valence-electron chi connectivity index (χ2n) is 11.7. The Kier molecular flexibility index (Phi) is 10.6. The Balaban J connectivity index is 1.91. The van der Waals surface area contributed by atoms with Crippen LogP contribution in [0.1, 0.15) is 50.7 Å². The van der Waals surface area contributed by atoms with Crippen LogP contribution < -0.4 is 5.32 Å². The van der Waals surface area contributed by atoms with Crippen LogP contribution in [-0.2, 0) is 22.7 Å². The number of nitrogens with zero attached hydrogens (tertiary/aromatic N) is 2. The number of hydrogen-bond donors (Lipinski definition) is 1. The summed E-state index contributed by atoms with van der Waals surface area (Å²) in [7, 11) is 9.00. The summed E-state index contributed by atoms with van der Waals surface area (Å²) < 4.78 is 1.78. The lowest BCUT2D eigenvalue weighted by molar-refractivity contribution is -0.903. The van der Waals surface area contributed by atoms with E-state index in [1.807, 2.05) is 0 Å². The van der Waals surface area contributed by atoms with Crippen molar-refractivity contribution in [2.75, 3.05) is 47.8 Å². The fourth-order valence-electron chi connectivity index (χ4n) is 4.59. The highest BCUT2D eigenvalue weighted by atomic mass is 16.1. The van der Waals surface area contributed by atoms with Gasteiger partial charge < -0.3 is 14.3 Å². The molecule has 0 unspecified atom stereocenters. The number of quaternary nitrogens is 2. The van der Waals surface area contributed by atoms with Crippen molar-refractivity contribution in [3.05, 3.63) is 71.8 Å². The maximum atomic E-state index is 11.8. The number of carbonyl (C=O) groups excluding carboxylic acids is 2. The topological polar surface area (TPSA) is 46.2 Å². The minimum absolute atomic E-state index is 0.0635. The minimum Gasteiger partial charge on any atom is -0.352 e. The van der Waals surface area contributed by atoms with Gasteiger partial charge in [0.25, 0.3) is 0 Å².